The van der Waals surface area contributed by atoms with E-state index < -0.39 is 30.1 Å². The summed E-state index contributed by atoms with van der Waals surface area (Å²) in [5.74, 6) is 1.21. The van der Waals surface area contributed by atoms with Crippen molar-refractivity contribution in [3.63, 3.8) is 0 Å². The monoisotopic (exact) mass is 564 g/mol. The van der Waals surface area contributed by atoms with Crippen molar-refractivity contribution in [2.24, 2.45) is 0 Å². The molecule has 40 heavy (non-hydrogen) atoms. The fourth-order valence-electron chi connectivity index (χ4n) is 5.23. The fraction of sp³-hybridized carbons (Fsp3) is 0.333. The minimum Gasteiger partial charge on any atom is -0.497 e. The summed E-state index contributed by atoms with van der Waals surface area (Å²) in [5.41, 5.74) is 1.40. The van der Waals surface area contributed by atoms with E-state index in [0.717, 1.165) is 16.7 Å². The second-order valence-corrected chi connectivity index (χ2v) is 10.0. The third-order valence-electron chi connectivity index (χ3n) is 7.37. The maximum absolute atomic E-state index is 11.7. The van der Waals surface area contributed by atoms with Crippen LogP contribution in [0.4, 0.5) is 0 Å². The zero-order valence-electron chi connectivity index (χ0n) is 22.2. The van der Waals surface area contributed by atoms with Gasteiger partial charge in [0.2, 0.25) is 5.91 Å². The topological polar surface area (TPSA) is 110 Å². The van der Waals surface area contributed by atoms with Crippen LogP contribution in [0.2, 0.25) is 0 Å². The molecule has 2 aliphatic rings. The van der Waals surface area contributed by atoms with Crippen LogP contribution in [0.5, 0.6) is 11.5 Å². The van der Waals surface area contributed by atoms with Gasteiger partial charge in [-0.1, -0.05) is 54.6 Å². The first-order valence-corrected chi connectivity index (χ1v) is 13.4. The van der Waals surface area contributed by atoms with Gasteiger partial charge in [0.15, 0.2) is 11.3 Å². The Kier molecular flexibility index (Phi) is 8.34. The standard InChI is InChI=1S/C30H32N2O7S/c1-36-22-12-8-20(9-13-22)30(19-6-4-3-5-7-19,21-10-14-23(37-2)15-11-21)38-18-24-26(34)27(35)28(39-24)32-17-16-25(33)31-29(32)40/h3-15,24,26-28,34-35H,16-18H2,1-2H3,(H,31,33,40)/t24-,26-,27-,28-/m1/s1. The highest BCUT2D eigenvalue weighted by Crippen LogP contribution is 2.42. The molecule has 0 spiro atoms. The molecule has 1 amide bonds. The molecule has 3 aromatic carbocycles. The summed E-state index contributed by atoms with van der Waals surface area (Å²) in [4.78, 5) is 13.3. The highest BCUT2D eigenvalue weighted by molar-refractivity contribution is 7.80. The Labute approximate surface area is 238 Å². The number of methoxy groups -OCH3 is 2. The van der Waals surface area contributed by atoms with Crippen molar-refractivity contribution in [2.45, 2.75) is 36.6 Å². The van der Waals surface area contributed by atoms with Gasteiger partial charge in [-0.25, -0.2) is 0 Å². The van der Waals surface area contributed by atoms with Crippen molar-refractivity contribution in [1.82, 2.24) is 10.2 Å². The minimum absolute atomic E-state index is 0.0609. The predicted molar refractivity (Wildman–Crippen MR) is 151 cm³/mol. The van der Waals surface area contributed by atoms with E-state index in [-0.39, 0.29) is 30.6 Å². The molecule has 2 saturated heterocycles. The fourth-order valence-corrected chi connectivity index (χ4v) is 5.53. The van der Waals surface area contributed by atoms with E-state index in [1.165, 1.54) is 0 Å². The summed E-state index contributed by atoms with van der Waals surface area (Å²) >= 11 is 5.30. The number of hydrogen-bond acceptors (Lipinski definition) is 8. The van der Waals surface area contributed by atoms with Gasteiger partial charge in [0.25, 0.3) is 0 Å². The molecule has 0 saturated carbocycles. The molecule has 0 bridgehead atoms. The number of nitrogens with one attached hydrogen (secondary N) is 1. The average Bonchev–Trinajstić information content (AvgIpc) is 3.27. The summed E-state index contributed by atoms with van der Waals surface area (Å²) in [6.07, 6.45) is -4.10. The average molecular weight is 565 g/mol. The number of aliphatic hydroxyl groups excluding tert-OH is 2. The van der Waals surface area contributed by atoms with Gasteiger partial charge in [0, 0.05) is 13.0 Å². The van der Waals surface area contributed by atoms with E-state index in [9.17, 15) is 15.0 Å². The molecule has 5 rings (SSSR count). The molecule has 2 fully saturated rings. The summed E-state index contributed by atoms with van der Waals surface area (Å²) in [5, 5.41) is 24.6. The van der Waals surface area contributed by atoms with Gasteiger partial charge in [-0.15, -0.1) is 0 Å². The lowest BCUT2D eigenvalue weighted by molar-refractivity contribution is -0.125. The first-order chi connectivity index (χ1) is 19.4. The smallest absolute Gasteiger partial charge is 0.227 e. The third kappa shape index (κ3) is 5.28. The van der Waals surface area contributed by atoms with E-state index in [1.807, 2.05) is 78.9 Å². The molecule has 0 aromatic heterocycles. The molecule has 4 atom stereocenters. The number of carbonyl (C=O) groups excluding carboxylic acids is 1. The van der Waals surface area contributed by atoms with Gasteiger partial charge in [0.05, 0.1) is 20.8 Å². The molecule has 9 nitrogen and oxygen atoms in total. The quantitative estimate of drug-likeness (QED) is 0.267. The van der Waals surface area contributed by atoms with Crippen LogP contribution in [0.15, 0.2) is 78.9 Å². The molecule has 3 N–H and O–H groups in total. The summed E-state index contributed by atoms with van der Waals surface area (Å²) < 4.78 is 23.7. The summed E-state index contributed by atoms with van der Waals surface area (Å²) in [6.45, 7) is 0.215. The van der Waals surface area contributed by atoms with Crippen molar-refractivity contribution < 1.29 is 34.0 Å². The van der Waals surface area contributed by atoms with Crippen molar-refractivity contribution in [2.75, 3.05) is 27.4 Å². The largest absolute Gasteiger partial charge is 0.497 e. The first-order valence-electron chi connectivity index (χ1n) is 13.0. The van der Waals surface area contributed by atoms with Gasteiger partial charge < -0.3 is 39.4 Å². The van der Waals surface area contributed by atoms with Gasteiger partial charge in [-0.3, -0.25) is 4.79 Å². The third-order valence-corrected chi connectivity index (χ3v) is 7.71. The lowest BCUT2D eigenvalue weighted by Crippen LogP contribution is -2.56. The molecule has 0 aliphatic carbocycles. The number of carbonyl (C=O) groups is 1. The highest BCUT2D eigenvalue weighted by Gasteiger charge is 2.48. The molecule has 210 valence electrons. The summed E-state index contributed by atoms with van der Waals surface area (Å²) in [6, 6.07) is 25.0. The lowest BCUT2D eigenvalue weighted by atomic mass is 9.80. The lowest BCUT2D eigenvalue weighted by Gasteiger charge is -2.37. The second-order valence-electron chi connectivity index (χ2n) is 9.66. The van der Waals surface area contributed by atoms with Crippen molar-refractivity contribution in [3.8, 4) is 11.5 Å². The maximum atomic E-state index is 11.7. The van der Waals surface area contributed by atoms with Crippen molar-refractivity contribution in [1.29, 1.82) is 0 Å². The Morgan fingerprint density at radius 3 is 1.98 bits per heavy atom. The van der Waals surface area contributed by atoms with Crippen LogP contribution >= 0.6 is 12.2 Å². The van der Waals surface area contributed by atoms with E-state index in [0.29, 0.717) is 11.5 Å². The minimum atomic E-state index is -1.25. The number of ether oxygens (including phenoxy) is 4. The number of benzene rings is 3. The molecule has 2 aliphatic heterocycles. The van der Waals surface area contributed by atoms with E-state index in [2.05, 4.69) is 5.32 Å². The normalized spacial score (nSPS) is 23.1. The number of hydrogen-bond donors (Lipinski definition) is 3. The van der Waals surface area contributed by atoms with Gasteiger partial charge in [-0.2, -0.15) is 0 Å². The Bertz CT molecular complexity index is 1270. The van der Waals surface area contributed by atoms with Crippen LogP contribution in [0.1, 0.15) is 23.1 Å². The first kappa shape index (κ1) is 28.0. The number of aliphatic hydroxyl groups is 2. The Hall–Kier alpha value is -3.54. The Morgan fingerprint density at radius 1 is 0.900 bits per heavy atom. The van der Waals surface area contributed by atoms with Crippen LogP contribution in [-0.4, -0.2) is 78.0 Å². The van der Waals surface area contributed by atoms with Gasteiger partial charge in [-0.05, 0) is 53.2 Å². The molecule has 10 heteroatoms. The van der Waals surface area contributed by atoms with Crippen LogP contribution < -0.4 is 14.8 Å². The molecule has 2 heterocycles. The van der Waals surface area contributed by atoms with Crippen LogP contribution in [-0.2, 0) is 19.9 Å². The summed E-state index contributed by atoms with van der Waals surface area (Å²) in [7, 11) is 3.22. The van der Waals surface area contributed by atoms with E-state index >= 15 is 0 Å². The SMILES string of the molecule is COc1ccc(C(OC[C@H]2O[C@@H](N3CCC(=O)NC3=S)[C@H](O)[C@@H]2O)(c2ccccc2)c2ccc(OC)cc2)cc1. The number of thiocarbonyl (C=S) groups is 1. The van der Waals surface area contributed by atoms with Gasteiger partial charge >= 0.3 is 0 Å². The molecular weight excluding hydrogens is 532 g/mol. The zero-order chi connectivity index (χ0) is 28.3. The molecule has 0 unspecified atom stereocenters. The molecule has 3 aromatic rings. The Morgan fingerprint density at radius 2 is 1.45 bits per heavy atom. The predicted octanol–water partition coefficient (Wildman–Crippen LogP) is 2.57. The molecule has 0 radical (unpaired) electrons. The zero-order valence-corrected chi connectivity index (χ0v) is 23.0. The van der Waals surface area contributed by atoms with Crippen molar-refractivity contribution >= 4 is 23.2 Å². The number of amides is 1. The highest BCUT2D eigenvalue weighted by atomic mass is 32.1. The number of nitrogens with zero attached hydrogens (tertiary/aromatic N) is 1. The van der Waals surface area contributed by atoms with Crippen molar-refractivity contribution in [3.05, 3.63) is 95.6 Å². The van der Waals surface area contributed by atoms with Crippen LogP contribution in [0.25, 0.3) is 0 Å². The second kappa shape index (κ2) is 11.9. The van der Waals surface area contributed by atoms with Crippen LogP contribution in [0, 0.1) is 0 Å². The Balaban J connectivity index is 1.51. The molecular formula is C30H32N2O7S. The maximum Gasteiger partial charge on any atom is 0.227 e. The number of rotatable bonds is 9. The van der Waals surface area contributed by atoms with E-state index in [1.54, 1.807) is 19.1 Å². The van der Waals surface area contributed by atoms with Crippen LogP contribution in [0.3, 0.4) is 0 Å². The van der Waals surface area contributed by atoms with Gasteiger partial charge in [0.1, 0.15) is 35.4 Å². The van der Waals surface area contributed by atoms with E-state index in [4.69, 9.17) is 31.2 Å².